The predicted octanol–water partition coefficient (Wildman–Crippen LogP) is 4.60. The van der Waals surface area contributed by atoms with Gasteiger partial charge in [-0.2, -0.15) is 0 Å². The lowest BCUT2D eigenvalue weighted by atomic mass is 9.91. The van der Waals surface area contributed by atoms with Gasteiger partial charge in [-0.25, -0.2) is 4.39 Å². The van der Waals surface area contributed by atoms with Crippen molar-refractivity contribution in [3.05, 3.63) is 65.0 Å². The van der Waals surface area contributed by atoms with Gasteiger partial charge in [0.1, 0.15) is 11.6 Å². The normalized spacial score (nSPS) is 21.1. The van der Waals surface area contributed by atoms with Gasteiger partial charge in [-0.05, 0) is 48.7 Å². The van der Waals surface area contributed by atoms with Gasteiger partial charge in [0.25, 0.3) is 11.7 Å². The summed E-state index contributed by atoms with van der Waals surface area (Å²) < 4.78 is 24.2. The standard InChI is InChI=1S/C25H26FNO5/c1-31-19-13-10-16(14-20(19)32-2)23(28)21-22(15-8-11-17(26)12-9-15)27(25(30)24(21)29)18-6-4-3-5-7-18/h8-14,18,22,28H,3-7H2,1-2H3/b23-21-. The number of likely N-dealkylation sites (tertiary alicyclic amines) is 1. The maximum Gasteiger partial charge on any atom is 0.295 e. The number of aliphatic hydroxyl groups excluding tert-OH is 1. The first-order chi connectivity index (χ1) is 15.5. The molecule has 1 saturated carbocycles. The Balaban J connectivity index is 1.87. The van der Waals surface area contributed by atoms with Gasteiger partial charge in [-0.3, -0.25) is 9.59 Å². The summed E-state index contributed by atoms with van der Waals surface area (Å²) in [5.41, 5.74) is 0.911. The lowest BCUT2D eigenvalue weighted by molar-refractivity contribution is -0.141. The van der Waals surface area contributed by atoms with E-state index in [-0.39, 0.29) is 17.4 Å². The van der Waals surface area contributed by atoms with Crippen molar-refractivity contribution in [1.82, 2.24) is 4.90 Å². The lowest BCUT2D eigenvalue weighted by Gasteiger charge is -2.35. The van der Waals surface area contributed by atoms with Crippen LogP contribution in [-0.4, -0.2) is 42.0 Å². The molecule has 0 bridgehead atoms. The van der Waals surface area contributed by atoms with E-state index in [9.17, 15) is 19.1 Å². The SMILES string of the molecule is COc1ccc(/C(O)=C2/C(=O)C(=O)N(C3CCCCC3)C2c2ccc(F)cc2)cc1OC. The van der Waals surface area contributed by atoms with Crippen molar-refractivity contribution < 1.29 is 28.6 Å². The second-order valence-electron chi connectivity index (χ2n) is 8.12. The summed E-state index contributed by atoms with van der Waals surface area (Å²) in [5, 5.41) is 11.2. The Morgan fingerprint density at radius 3 is 2.25 bits per heavy atom. The largest absolute Gasteiger partial charge is 0.507 e. The third-order valence-corrected chi connectivity index (χ3v) is 6.29. The highest BCUT2D eigenvalue weighted by molar-refractivity contribution is 6.46. The second kappa shape index (κ2) is 9.02. The van der Waals surface area contributed by atoms with E-state index in [1.165, 1.54) is 26.4 Å². The zero-order chi connectivity index (χ0) is 22.8. The Morgan fingerprint density at radius 2 is 1.62 bits per heavy atom. The van der Waals surface area contributed by atoms with Crippen molar-refractivity contribution >= 4 is 17.4 Å². The molecule has 2 fully saturated rings. The van der Waals surface area contributed by atoms with Gasteiger partial charge in [-0.1, -0.05) is 31.4 Å². The number of nitrogens with zero attached hydrogens (tertiary/aromatic N) is 1. The molecule has 1 amide bonds. The molecule has 4 rings (SSSR count). The maximum atomic E-state index is 13.6. The number of Topliss-reactive ketones (excluding diaryl/α,β-unsaturated/α-hetero) is 1. The van der Waals surface area contributed by atoms with Crippen LogP contribution in [0, 0.1) is 5.82 Å². The van der Waals surface area contributed by atoms with Crippen molar-refractivity contribution in [2.45, 2.75) is 44.2 Å². The average molecular weight is 439 g/mol. The number of amides is 1. The summed E-state index contributed by atoms with van der Waals surface area (Å²) >= 11 is 0. The Kier molecular flexibility index (Phi) is 6.17. The number of halogens is 1. The van der Waals surface area contributed by atoms with Crippen molar-refractivity contribution in [3.63, 3.8) is 0 Å². The van der Waals surface area contributed by atoms with Gasteiger partial charge in [0.2, 0.25) is 0 Å². The molecule has 0 spiro atoms. The molecule has 168 valence electrons. The first-order valence-electron chi connectivity index (χ1n) is 10.7. The molecule has 7 heteroatoms. The average Bonchev–Trinajstić information content (AvgIpc) is 3.09. The van der Waals surface area contributed by atoms with E-state index in [0.717, 1.165) is 32.1 Å². The highest BCUT2D eigenvalue weighted by Crippen LogP contribution is 2.43. The minimum Gasteiger partial charge on any atom is -0.507 e. The summed E-state index contributed by atoms with van der Waals surface area (Å²) in [4.78, 5) is 27.9. The van der Waals surface area contributed by atoms with Crippen LogP contribution in [0.5, 0.6) is 11.5 Å². The molecule has 1 atom stereocenters. The number of ketones is 1. The summed E-state index contributed by atoms with van der Waals surface area (Å²) in [6.45, 7) is 0. The predicted molar refractivity (Wildman–Crippen MR) is 117 cm³/mol. The summed E-state index contributed by atoms with van der Waals surface area (Å²) in [7, 11) is 2.98. The Hall–Kier alpha value is -3.35. The van der Waals surface area contributed by atoms with Gasteiger partial charge >= 0.3 is 0 Å². The van der Waals surface area contributed by atoms with Crippen LogP contribution in [0.4, 0.5) is 4.39 Å². The number of hydrogen-bond donors (Lipinski definition) is 1. The molecule has 1 unspecified atom stereocenters. The van der Waals surface area contributed by atoms with Crippen molar-refractivity contribution in [1.29, 1.82) is 0 Å². The van der Waals surface area contributed by atoms with Gasteiger partial charge < -0.3 is 19.5 Å². The van der Waals surface area contributed by atoms with Crippen molar-refractivity contribution in [2.75, 3.05) is 14.2 Å². The first kappa shape index (κ1) is 21.9. The molecule has 0 aromatic heterocycles. The number of ether oxygens (including phenoxy) is 2. The quantitative estimate of drug-likeness (QED) is 0.419. The summed E-state index contributed by atoms with van der Waals surface area (Å²) in [6.07, 6.45) is 4.62. The number of aliphatic hydroxyl groups is 1. The molecule has 2 aromatic rings. The number of rotatable bonds is 5. The van der Waals surface area contributed by atoms with E-state index < -0.39 is 23.5 Å². The molecule has 1 N–H and O–H groups in total. The fraction of sp³-hybridized carbons (Fsp3) is 0.360. The zero-order valence-electron chi connectivity index (χ0n) is 18.1. The molecule has 2 aliphatic rings. The molecule has 2 aromatic carbocycles. The van der Waals surface area contributed by atoms with Crippen LogP contribution in [0.25, 0.3) is 5.76 Å². The van der Waals surface area contributed by atoms with Gasteiger partial charge in [0.05, 0.1) is 25.8 Å². The van der Waals surface area contributed by atoms with E-state index in [1.54, 1.807) is 35.2 Å². The van der Waals surface area contributed by atoms with E-state index in [2.05, 4.69) is 0 Å². The molecule has 1 aliphatic heterocycles. The second-order valence-corrected chi connectivity index (χ2v) is 8.12. The van der Waals surface area contributed by atoms with Crippen molar-refractivity contribution in [3.8, 4) is 11.5 Å². The number of hydrogen-bond acceptors (Lipinski definition) is 5. The van der Waals surface area contributed by atoms with E-state index in [1.807, 2.05) is 0 Å². The highest BCUT2D eigenvalue weighted by Gasteiger charge is 2.48. The lowest BCUT2D eigenvalue weighted by Crippen LogP contribution is -2.40. The molecule has 1 heterocycles. The fourth-order valence-corrected chi connectivity index (χ4v) is 4.70. The summed E-state index contributed by atoms with van der Waals surface area (Å²) in [5.74, 6) is -1.22. The Bertz CT molecular complexity index is 1060. The monoisotopic (exact) mass is 439 g/mol. The van der Waals surface area contributed by atoms with Crippen LogP contribution >= 0.6 is 0 Å². The molecular formula is C25H26FNO5. The maximum absolute atomic E-state index is 13.6. The van der Waals surface area contributed by atoms with E-state index in [4.69, 9.17) is 9.47 Å². The number of carbonyl (C=O) groups is 2. The Labute approximate surface area is 186 Å². The van der Waals surface area contributed by atoms with Crippen molar-refractivity contribution in [2.24, 2.45) is 0 Å². The number of methoxy groups -OCH3 is 2. The summed E-state index contributed by atoms with van der Waals surface area (Å²) in [6, 6.07) is 9.61. The third kappa shape index (κ3) is 3.83. The molecule has 1 saturated heterocycles. The van der Waals surface area contributed by atoms with E-state index in [0.29, 0.717) is 22.6 Å². The molecule has 0 radical (unpaired) electrons. The number of benzene rings is 2. The Morgan fingerprint density at radius 1 is 0.969 bits per heavy atom. The smallest absolute Gasteiger partial charge is 0.295 e. The topological polar surface area (TPSA) is 76.1 Å². The van der Waals surface area contributed by atoms with Gasteiger partial charge in [0, 0.05) is 11.6 Å². The molecule has 1 aliphatic carbocycles. The molecular weight excluding hydrogens is 413 g/mol. The van der Waals surface area contributed by atoms with Crippen LogP contribution in [0.15, 0.2) is 48.0 Å². The number of carbonyl (C=O) groups excluding carboxylic acids is 2. The van der Waals surface area contributed by atoms with Crippen LogP contribution in [-0.2, 0) is 9.59 Å². The zero-order valence-corrected chi connectivity index (χ0v) is 18.1. The third-order valence-electron chi connectivity index (χ3n) is 6.29. The van der Waals surface area contributed by atoms with Crippen LogP contribution in [0.2, 0.25) is 0 Å². The van der Waals surface area contributed by atoms with Gasteiger partial charge in [-0.15, -0.1) is 0 Å². The van der Waals surface area contributed by atoms with Crippen LogP contribution < -0.4 is 9.47 Å². The molecule has 32 heavy (non-hydrogen) atoms. The minimum atomic E-state index is -0.785. The van der Waals surface area contributed by atoms with E-state index >= 15 is 0 Å². The van der Waals surface area contributed by atoms with Crippen LogP contribution in [0.1, 0.15) is 49.3 Å². The van der Waals surface area contributed by atoms with Crippen LogP contribution in [0.3, 0.4) is 0 Å². The minimum absolute atomic E-state index is 0.000554. The first-order valence-corrected chi connectivity index (χ1v) is 10.7. The van der Waals surface area contributed by atoms with Gasteiger partial charge in [0.15, 0.2) is 11.5 Å². The molecule has 6 nitrogen and oxygen atoms in total. The highest BCUT2D eigenvalue weighted by atomic mass is 19.1. The fourth-order valence-electron chi connectivity index (χ4n) is 4.70.